The van der Waals surface area contributed by atoms with E-state index in [-0.39, 0.29) is 36.3 Å². The molecule has 1 saturated carbocycles. The summed E-state index contributed by atoms with van der Waals surface area (Å²) >= 11 is 6.11. The highest BCUT2D eigenvalue weighted by molar-refractivity contribution is 6.30. The highest BCUT2D eigenvalue weighted by atomic mass is 35.5. The largest absolute Gasteiger partial charge is 0.462 e. The Hall–Kier alpha value is -2.86. The minimum atomic E-state index is -0.690. The Morgan fingerprint density at radius 1 is 1.06 bits per heavy atom. The zero-order valence-electron chi connectivity index (χ0n) is 19.4. The second-order valence-electron chi connectivity index (χ2n) is 9.09. The van der Waals surface area contributed by atoms with Gasteiger partial charge in [0.05, 0.1) is 12.5 Å². The molecule has 3 fully saturated rings. The Morgan fingerprint density at radius 3 is 2.44 bits per heavy atom. The first-order chi connectivity index (χ1) is 16.4. The molecule has 6 nitrogen and oxygen atoms in total. The number of benzene rings is 2. The molecule has 7 heteroatoms. The van der Waals surface area contributed by atoms with Gasteiger partial charge in [-0.2, -0.15) is 0 Å². The van der Waals surface area contributed by atoms with Gasteiger partial charge in [-0.15, -0.1) is 0 Å². The molecule has 2 heterocycles. The number of carbonyl (C=O) groups excluding carboxylic acids is 3. The normalized spacial score (nSPS) is 20.0. The molecule has 34 heavy (non-hydrogen) atoms. The van der Waals surface area contributed by atoms with Gasteiger partial charge in [-0.25, -0.2) is 4.79 Å². The Bertz CT molecular complexity index is 1030. The van der Waals surface area contributed by atoms with Gasteiger partial charge in [0.15, 0.2) is 0 Å². The van der Waals surface area contributed by atoms with E-state index in [1.165, 1.54) is 25.0 Å². The van der Waals surface area contributed by atoms with Crippen LogP contribution in [0.4, 0.5) is 0 Å². The lowest BCUT2D eigenvalue weighted by molar-refractivity contribution is -0.147. The van der Waals surface area contributed by atoms with Crippen molar-refractivity contribution in [2.24, 2.45) is 11.8 Å². The molecule has 1 aliphatic carbocycles. The minimum absolute atomic E-state index is 0.0102. The van der Waals surface area contributed by atoms with Crippen LogP contribution in [0.2, 0.25) is 5.02 Å². The predicted molar refractivity (Wildman–Crippen MR) is 129 cm³/mol. The van der Waals surface area contributed by atoms with Gasteiger partial charge in [0.2, 0.25) is 5.91 Å². The number of nitrogens with zero attached hydrogens (tertiary/aromatic N) is 1. The fourth-order valence-electron chi connectivity index (χ4n) is 4.99. The van der Waals surface area contributed by atoms with Gasteiger partial charge >= 0.3 is 11.9 Å². The quantitative estimate of drug-likeness (QED) is 0.387. The topological polar surface area (TPSA) is 72.9 Å². The minimum Gasteiger partial charge on any atom is -0.462 e. The molecule has 2 bridgehead atoms. The number of fused-ring (bicyclic) bond motifs is 3. The standard InChI is InChI=1S/C27H30ClNO5/c1-2-33-27(32)23-13-10-21(28)16-24(23)34-26(31)20(14-18-6-4-3-5-7-18)15-25(30)29-17-19-8-11-22(29)12-9-19/h3-7,10,13,16,19-20,22H,2,8-9,11-12,14-15,17H2,1H3/t19?,20-,22?/m0/s1. The van der Waals surface area contributed by atoms with Crippen LogP contribution in [-0.2, 0) is 20.7 Å². The van der Waals surface area contributed by atoms with E-state index in [1.807, 2.05) is 35.2 Å². The molecule has 0 aromatic heterocycles. The number of amides is 1. The zero-order chi connectivity index (χ0) is 24.1. The molecule has 0 spiro atoms. The second kappa shape index (κ2) is 11.0. The van der Waals surface area contributed by atoms with Crippen molar-refractivity contribution in [1.29, 1.82) is 0 Å². The summed E-state index contributed by atoms with van der Waals surface area (Å²) in [6.07, 6.45) is 4.85. The van der Waals surface area contributed by atoms with Crippen LogP contribution in [-0.4, -0.2) is 41.9 Å². The summed E-state index contributed by atoms with van der Waals surface area (Å²) in [5.41, 5.74) is 1.06. The van der Waals surface area contributed by atoms with E-state index in [2.05, 4.69) is 0 Å². The molecular formula is C27H30ClNO5. The van der Waals surface area contributed by atoms with E-state index in [0.29, 0.717) is 17.4 Å². The number of ether oxygens (including phenoxy) is 2. The number of hydrogen-bond donors (Lipinski definition) is 0. The van der Waals surface area contributed by atoms with Gasteiger partial charge in [0.25, 0.3) is 0 Å². The number of piperidine rings is 2. The molecule has 2 aromatic rings. The SMILES string of the molecule is CCOC(=O)c1ccc(Cl)cc1OC(=O)[C@H](CC(=O)N1CC2CCC1CC2)Cc1ccccc1. The third-order valence-electron chi connectivity index (χ3n) is 6.76. The molecule has 3 aliphatic rings. The second-order valence-corrected chi connectivity index (χ2v) is 9.53. The van der Waals surface area contributed by atoms with Crippen LogP contribution in [0.5, 0.6) is 5.75 Å². The Balaban J connectivity index is 1.54. The van der Waals surface area contributed by atoms with Crippen LogP contribution >= 0.6 is 11.6 Å². The maximum absolute atomic E-state index is 13.4. The highest BCUT2D eigenvalue weighted by Gasteiger charge is 2.38. The third kappa shape index (κ3) is 5.79. The Morgan fingerprint density at radius 2 is 1.79 bits per heavy atom. The lowest BCUT2D eigenvalue weighted by atomic mass is 9.79. The summed E-state index contributed by atoms with van der Waals surface area (Å²) in [6, 6.07) is 14.3. The van der Waals surface area contributed by atoms with Gasteiger partial charge in [-0.1, -0.05) is 41.9 Å². The zero-order valence-corrected chi connectivity index (χ0v) is 20.1. The molecule has 2 aliphatic heterocycles. The smallest absolute Gasteiger partial charge is 0.341 e. The fraction of sp³-hybridized carbons (Fsp3) is 0.444. The van der Waals surface area contributed by atoms with E-state index < -0.39 is 17.9 Å². The molecule has 0 radical (unpaired) electrons. The van der Waals surface area contributed by atoms with Crippen molar-refractivity contribution in [3.8, 4) is 5.75 Å². The van der Waals surface area contributed by atoms with Gasteiger partial charge in [-0.3, -0.25) is 9.59 Å². The van der Waals surface area contributed by atoms with Gasteiger partial charge in [0, 0.05) is 30.1 Å². The van der Waals surface area contributed by atoms with Gasteiger partial charge in [0.1, 0.15) is 11.3 Å². The van der Waals surface area contributed by atoms with Crippen molar-refractivity contribution in [1.82, 2.24) is 4.90 Å². The molecular weight excluding hydrogens is 454 g/mol. The predicted octanol–water partition coefficient (Wildman–Crippen LogP) is 5.07. The number of rotatable bonds is 8. The lowest BCUT2D eigenvalue weighted by Crippen LogP contribution is -2.51. The molecule has 0 N–H and O–H groups in total. The first-order valence-electron chi connectivity index (χ1n) is 12.0. The first-order valence-corrected chi connectivity index (χ1v) is 12.3. The summed E-state index contributed by atoms with van der Waals surface area (Å²) in [5, 5.41) is 0.330. The Labute approximate surface area is 205 Å². The monoisotopic (exact) mass is 483 g/mol. The molecule has 0 unspecified atom stereocenters. The van der Waals surface area contributed by atoms with Crippen LogP contribution < -0.4 is 4.74 Å². The van der Waals surface area contributed by atoms with Crippen molar-refractivity contribution in [2.45, 2.75) is 51.5 Å². The van der Waals surface area contributed by atoms with Crippen LogP contribution in [0.25, 0.3) is 0 Å². The average Bonchev–Trinajstić information content (AvgIpc) is 2.85. The van der Waals surface area contributed by atoms with E-state index in [9.17, 15) is 14.4 Å². The lowest BCUT2D eigenvalue weighted by Gasteiger charge is -2.45. The Kier molecular flexibility index (Phi) is 7.88. The fourth-order valence-corrected chi connectivity index (χ4v) is 5.15. The van der Waals surface area contributed by atoms with Crippen LogP contribution in [0.15, 0.2) is 48.5 Å². The summed E-state index contributed by atoms with van der Waals surface area (Å²) in [6.45, 7) is 2.67. The third-order valence-corrected chi connectivity index (χ3v) is 7.00. The summed E-state index contributed by atoms with van der Waals surface area (Å²) in [7, 11) is 0. The summed E-state index contributed by atoms with van der Waals surface area (Å²) in [4.78, 5) is 41.0. The van der Waals surface area contributed by atoms with Gasteiger partial charge < -0.3 is 14.4 Å². The van der Waals surface area contributed by atoms with E-state index in [4.69, 9.17) is 21.1 Å². The van der Waals surface area contributed by atoms with Crippen molar-refractivity contribution in [3.05, 3.63) is 64.7 Å². The maximum Gasteiger partial charge on any atom is 0.341 e. The molecule has 2 saturated heterocycles. The van der Waals surface area contributed by atoms with E-state index in [0.717, 1.165) is 24.9 Å². The van der Waals surface area contributed by atoms with Crippen molar-refractivity contribution in [3.63, 3.8) is 0 Å². The van der Waals surface area contributed by atoms with Crippen molar-refractivity contribution < 1.29 is 23.9 Å². The molecule has 5 rings (SSSR count). The number of hydrogen-bond acceptors (Lipinski definition) is 5. The number of carbonyl (C=O) groups is 3. The molecule has 1 atom stereocenters. The van der Waals surface area contributed by atoms with Crippen molar-refractivity contribution >= 4 is 29.4 Å². The molecule has 1 amide bonds. The van der Waals surface area contributed by atoms with E-state index in [1.54, 1.807) is 13.0 Å². The number of esters is 2. The summed E-state index contributed by atoms with van der Waals surface area (Å²) < 4.78 is 10.8. The van der Waals surface area contributed by atoms with Crippen LogP contribution in [0, 0.1) is 11.8 Å². The van der Waals surface area contributed by atoms with Crippen LogP contribution in [0.3, 0.4) is 0 Å². The molecule has 180 valence electrons. The first kappa shape index (κ1) is 24.3. The van der Waals surface area contributed by atoms with Crippen molar-refractivity contribution in [2.75, 3.05) is 13.2 Å². The van der Waals surface area contributed by atoms with E-state index >= 15 is 0 Å². The summed E-state index contributed by atoms with van der Waals surface area (Å²) in [5.74, 6) is -1.26. The van der Waals surface area contributed by atoms with Gasteiger partial charge in [-0.05, 0) is 62.6 Å². The average molecular weight is 484 g/mol. The van der Waals surface area contributed by atoms with Crippen LogP contribution in [0.1, 0.15) is 54.9 Å². The highest BCUT2D eigenvalue weighted by Crippen LogP contribution is 2.36. The maximum atomic E-state index is 13.4. The molecule has 2 aromatic carbocycles. The number of halogens is 1.